The van der Waals surface area contributed by atoms with Crippen molar-refractivity contribution in [3.05, 3.63) is 103 Å². The Morgan fingerprint density at radius 3 is 2.59 bits per heavy atom. The second-order valence-corrected chi connectivity index (χ2v) is 7.23. The molecule has 0 saturated carbocycles. The number of fused-ring (bicyclic) bond motifs is 1. The molecule has 5 aromatic rings. The van der Waals surface area contributed by atoms with E-state index in [0.717, 1.165) is 27.6 Å². The zero-order valence-corrected chi connectivity index (χ0v) is 16.8. The van der Waals surface area contributed by atoms with Crippen LogP contribution in [0.2, 0.25) is 0 Å². The van der Waals surface area contributed by atoms with Gasteiger partial charge in [0.05, 0.1) is 18.0 Å². The van der Waals surface area contributed by atoms with Crippen molar-refractivity contribution >= 4 is 10.9 Å². The van der Waals surface area contributed by atoms with Gasteiger partial charge in [0.15, 0.2) is 0 Å². The number of aromatic nitrogens is 2. The fourth-order valence-corrected chi connectivity index (χ4v) is 3.60. The Labute approximate surface area is 183 Å². The van der Waals surface area contributed by atoms with E-state index < -0.39 is 0 Å². The van der Waals surface area contributed by atoms with Crippen LogP contribution in [0.15, 0.2) is 90.0 Å². The van der Waals surface area contributed by atoms with Crippen molar-refractivity contribution in [3.63, 3.8) is 0 Å². The molecule has 0 aliphatic heterocycles. The van der Waals surface area contributed by atoms with E-state index in [9.17, 15) is 9.65 Å². The highest BCUT2D eigenvalue weighted by Gasteiger charge is 2.11. The van der Waals surface area contributed by atoms with E-state index in [2.05, 4.69) is 16.0 Å². The van der Waals surface area contributed by atoms with Gasteiger partial charge in [0.1, 0.15) is 29.9 Å². The van der Waals surface area contributed by atoms with Gasteiger partial charge in [0, 0.05) is 29.4 Å². The van der Waals surface area contributed by atoms with Gasteiger partial charge in [-0.15, -0.1) is 0 Å². The SMILES string of the molecule is N#Cc1cc(-c2ccoc2)c2ccc(COc3cc(F)cc(-c4ccncc4)c3)cc2n1. The number of pyridine rings is 2. The summed E-state index contributed by atoms with van der Waals surface area (Å²) in [6.07, 6.45) is 6.55. The van der Waals surface area contributed by atoms with Gasteiger partial charge in [-0.2, -0.15) is 5.26 Å². The Balaban J connectivity index is 1.44. The standard InChI is InChI=1S/C26H16FN3O2/c27-21-10-20(18-3-6-29-7-4-18)11-23(12-21)32-15-17-1-2-24-25(19-5-8-31-16-19)13-22(14-28)30-26(24)9-17/h1-13,16H,15H2. The number of hydrogen-bond acceptors (Lipinski definition) is 5. The van der Waals surface area contributed by atoms with Crippen molar-refractivity contribution in [1.82, 2.24) is 9.97 Å². The summed E-state index contributed by atoms with van der Waals surface area (Å²) in [6, 6.07) is 19.7. The lowest BCUT2D eigenvalue weighted by molar-refractivity contribution is 0.305. The van der Waals surface area contributed by atoms with Gasteiger partial charge >= 0.3 is 0 Å². The number of rotatable bonds is 5. The Kier molecular flexibility index (Phi) is 5.06. The van der Waals surface area contributed by atoms with E-state index in [4.69, 9.17) is 9.15 Å². The third kappa shape index (κ3) is 3.92. The summed E-state index contributed by atoms with van der Waals surface area (Å²) in [5.41, 5.74) is 5.17. The minimum absolute atomic E-state index is 0.231. The molecule has 5 nitrogen and oxygen atoms in total. The van der Waals surface area contributed by atoms with Crippen molar-refractivity contribution in [3.8, 4) is 34.1 Å². The fraction of sp³-hybridized carbons (Fsp3) is 0.0385. The second-order valence-electron chi connectivity index (χ2n) is 7.23. The fourth-order valence-electron chi connectivity index (χ4n) is 3.60. The number of ether oxygens (including phenoxy) is 1. The molecule has 0 bridgehead atoms. The lowest BCUT2D eigenvalue weighted by Gasteiger charge is -2.11. The van der Waals surface area contributed by atoms with Gasteiger partial charge in [0.2, 0.25) is 0 Å². The van der Waals surface area contributed by atoms with Crippen LogP contribution in [0.4, 0.5) is 4.39 Å². The van der Waals surface area contributed by atoms with Crippen molar-refractivity contribution in [2.75, 3.05) is 0 Å². The molecule has 3 heterocycles. The molecular weight excluding hydrogens is 405 g/mol. The number of nitrogens with zero attached hydrogens (tertiary/aromatic N) is 3. The molecule has 0 amide bonds. The van der Waals surface area contributed by atoms with Gasteiger partial charge in [0.25, 0.3) is 0 Å². The molecule has 0 unspecified atom stereocenters. The molecule has 32 heavy (non-hydrogen) atoms. The molecule has 3 aromatic heterocycles. The number of nitriles is 1. The summed E-state index contributed by atoms with van der Waals surface area (Å²) in [7, 11) is 0. The maximum Gasteiger partial charge on any atom is 0.141 e. The molecule has 6 heteroatoms. The number of hydrogen-bond donors (Lipinski definition) is 0. The molecule has 154 valence electrons. The minimum atomic E-state index is -0.377. The predicted octanol–water partition coefficient (Wildman–Crippen LogP) is 6.15. The molecule has 0 spiro atoms. The molecule has 0 fully saturated rings. The molecule has 2 aromatic carbocycles. The van der Waals surface area contributed by atoms with Gasteiger partial charge in [-0.3, -0.25) is 4.98 Å². The third-order valence-electron chi connectivity index (χ3n) is 5.11. The van der Waals surface area contributed by atoms with Gasteiger partial charge < -0.3 is 9.15 Å². The smallest absolute Gasteiger partial charge is 0.141 e. The highest BCUT2D eigenvalue weighted by Crippen LogP contribution is 2.30. The first-order valence-corrected chi connectivity index (χ1v) is 9.90. The average molecular weight is 421 g/mol. The highest BCUT2D eigenvalue weighted by atomic mass is 19.1. The Bertz CT molecular complexity index is 1440. The van der Waals surface area contributed by atoms with Gasteiger partial charge in [-0.1, -0.05) is 12.1 Å². The Morgan fingerprint density at radius 1 is 0.938 bits per heavy atom. The molecule has 0 aliphatic carbocycles. The molecule has 5 rings (SSSR count). The summed E-state index contributed by atoms with van der Waals surface area (Å²) >= 11 is 0. The van der Waals surface area contributed by atoms with E-state index in [1.165, 1.54) is 12.1 Å². The summed E-state index contributed by atoms with van der Waals surface area (Å²) < 4.78 is 25.2. The summed E-state index contributed by atoms with van der Waals surface area (Å²) in [6.45, 7) is 0.231. The largest absolute Gasteiger partial charge is 0.489 e. The molecular formula is C26H16FN3O2. The average Bonchev–Trinajstić information content (AvgIpc) is 3.37. The van der Waals surface area contributed by atoms with E-state index in [1.807, 2.05) is 36.4 Å². The van der Waals surface area contributed by atoms with Crippen molar-refractivity contribution < 1.29 is 13.5 Å². The Hall–Kier alpha value is -4.50. The lowest BCUT2D eigenvalue weighted by atomic mass is 10.0. The summed E-state index contributed by atoms with van der Waals surface area (Å²) in [5, 5.41) is 10.3. The molecule has 0 radical (unpaired) electrons. The van der Waals surface area contributed by atoms with E-state index >= 15 is 0 Å². The Morgan fingerprint density at radius 2 is 1.81 bits per heavy atom. The maximum atomic E-state index is 14.2. The van der Waals surface area contributed by atoms with Crippen LogP contribution >= 0.6 is 0 Å². The number of halogens is 1. The third-order valence-corrected chi connectivity index (χ3v) is 5.11. The zero-order valence-electron chi connectivity index (χ0n) is 16.8. The molecule has 0 N–H and O–H groups in total. The van der Waals surface area contributed by atoms with Crippen molar-refractivity contribution in [2.24, 2.45) is 0 Å². The topological polar surface area (TPSA) is 71.9 Å². The molecule has 0 saturated heterocycles. The zero-order chi connectivity index (χ0) is 21.9. The van der Waals surface area contributed by atoms with Crippen LogP contribution in [0, 0.1) is 17.1 Å². The van der Waals surface area contributed by atoms with E-state index in [1.54, 1.807) is 37.1 Å². The van der Waals surface area contributed by atoms with Crippen molar-refractivity contribution in [2.45, 2.75) is 6.61 Å². The van der Waals surface area contributed by atoms with Crippen LogP contribution < -0.4 is 4.74 Å². The number of furan rings is 1. The lowest BCUT2D eigenvalue weighted by Crippen LogP contribution is -1.98. The second kappa shape index (κ2) is 8.32. The van der Waals surface area contributed by atoms with Crippen LogP contribution in [0.25, 0.3) is 33.2 Å². The molecule has 0 atom stereocenters. The van der Waals surface area contributed by atoms with Crippen LogP contribution in [0.3, 0.4) is 0 Å². The first kappa shape index (κ1) is 19.5. The number of benzene rings is 2. The van der Waals surface area contributed by atoms with E-state index in [-0.39, 0.29) is 12.4 Å². The highest BCUT2D eigenvalue weighted by molar-refractivity contribution is 5.95. The predicted molar refractivity (Wildman–Crippen MR) is 118 cm³/mol. The van der Waals surface area contributed by atoms with Crippen LogP contribution in [0.1, 0.15) is 11.3 Å². The summed E-state index contributed by atoms with van der Waals surface area (Å²) in [4.78, 5) is 8.43. The first-order chi connectivity index (χ1) is 15.7. The van der Waals surface area contributed by atoms with Crippen LogP contribution in [0.5, 0.6) is 5.75 Å². The minimum Gasteiger partial charge on any atom is -0.489 e. The van der Waals surface area contributed by atoms with Gasteiger partial charge in [-0.05, 0) is 64.7 Å². The first-order valence-electron chi connectivity index (χ1n) is 9.90. The monoisotopic (exact) mass is 421 g/mol. The normalized spacial score (nSPS) is 10.8. The molecule has 0 aliphatic rings. The van der Waals surface area contributed by atoms with Crippen LogP contribution in [-0.2, 0) is 6.61 Å². The van der Waals surface area contributed by atoms with Crippen LogP contribution in [-0.4, -0.2) is 9.97 Å². The maximum absolute atomic E-state index is 14.2. The van der Waals surface area contributed by atoms with E-state index in [0.29, 0.717) is 22.5 Å². The van der Waals surface area contributed by atoms with Gasteiger partial charge in [-0.25, -0.2) is 9.37 Å². The van der Waals surface area contributed by atoms with Crippen molar-refractivity contribution in [1.29, 1.82) is 5.26 Å². The summed E-state index contributed by atoms with van der Waals surface area (Å²) in [5.74, 6) is 0.0487. The quantitative estimate of drug-likeness (QED) is 0.340.